The number of sulfonamides is 1. The van der Waals surface area contributed by atoms with E-state index < -0.39 is 22.5 Å². The van der Waals surface area contributed by atoms with Crippen LogP contribution < -0.4 is 19.5 Å². The molecular formula is C19H23ClN2O6S. The molecule has 2 aromatic rings. The number of rotatable bonds is 9. The first-order valence-corrected chi connectivity index (χ1v) is 10.4. The number of ether oxygens (including phenoxy) is 3. The highest BCUT2D eigenvalue weighted by Crippen LogP contribution is 2.31. The molecule has 0 unspecified atom stereocenters. The molecule has 0 aliphatic carbocycles. The smallest absolute Gasteiger partial charge is 0.247 e. The van der Waals surface area contributed by atoms with Crippen molar-refractivity contribution in [3.05, 3.63) is 41.4 Å². The van der Waals surface area contributed by atoms with E-state index in [2.05, 4.69) is 5.32 Å². The van der Waals surface area contributed by atoms with Gasteiger partial charge in [0.1, 0.15) is 22.1 Å². The SMILES string of the molecule is CCOc1ccc(Cl)cc1S(=O)(=O)N(C)CC(=O)Nc1ccc(OC)cc1OC. The molecule has 2 rings (SSSR count). The number of nitrogens with zero attached hydrogens (tertiary/aromatic N) is 1. The van der Waals surface area contributed by atoms with Gasteiger partial charge in [-0.3, -0.25) is 4.79 Å². The van der Waals surface area contributed by atoms with Crippen molar-refractivity contribution in [2.24, 2.45) is 0 Å². The Bertz CT molecular complexity index is 981. The fraction of sp³-hybridized carbons (Fsp3) is 0.316. The van der Waals surface area contributed by atoms with Crippen molar-refractivity contribution in [1.82, 2.24) is 4.31 Å². The van der Waals surface area contributed by atoms with Gasteiger partial charge >= 0.3 is 0 Å². The lowest BCUT2D eigenvalue weighted by atomic mass is 10.2. The second kappa shape index (κ2) is 9.82. The summed E-state index contributed by atoms with van der Waals surface area (Å²) in [5.41, 5.74) is 0.391. The van der Waals surface area contributed by atoms with Crippen LogP contribution in [0.4, 0.5) is 5.69 Å². The first-order valence-electron chi connectivity index (χ1n) is 8.63. The quantitative estimate of drug-likeness (QED) is 0.641. The van der Waals surface area contributed by atoms with E-state index in [1.807, 2.05) is 0 Å². The maximum atomic E-state index is 12.9. The molecule has 0 aromatic heterocycles. The molecule has 29 heavy (non-hydrogen) atoms. The summed E-state index contributed by atoms with van der Waals surface area (Å²) in [6.45, 7) is 1.60. The zero-order valence-corrected chi connectivity index (χ0v) is 18.1. The monoisotopic (exact) mass is 442 g/mol. The zero-order chi connectivity index (χ0) is 21.6. The van der Waals surface area contributed by atoms with Crippen LogP contribution in [0.5, 0.6) is 17.2 Å². The Morgan fingerprint density at radius 3 is 2.45 bits per heavy atom. The number of carbonyl (C=O) groups is 1. The van der Waals surface area contributed by atoms with E-state index in [-0.39, 0.29) is 22.3 Å². The average Bonchev–Trinajstić information content (AvgIpc) is 2.69. The molecule has 0 radical (unpaired) electrons. The van der Waals surface area contributed by atoms with Gasteiger partial charge in [0.15, 0.2) is 0 Å². The number of anilines is 1. The van der Waals surface area contributed by atoms with Crippen molar-refractivity contribution in [2.45, 2.75) is 11.8 Å². The third-order valence-corrected chi connectivity index (χ3v) is 6.00. The molecule has 0 saturated heterocycles. The van der Waals surface area contributed by atoms with Crippen molar-refractivity contribution < 1.29 is 27.4 Å². The maximum Gasteiger partial charge on any atom is 0.247 e. The maximum absolute atomic E-state index is 12.9. The first-order chi connectivity index (χ1) is 13.7. The van der Waals surface area contributed by atoms with Crippen LogP contribution in [-0.4, -0.2) is 53.0 Å². The molecule has 0 bridgehead atoms. The molecule has 0 aliphatic heterocycles. The van der Waals surface area contributed by atoms with Gasteiger partial charge in [0, 0.05) is 18.1 Å². The number of halogens is 1. The van der Waals surface area contributed by atoms with Gasteiger partial charge in [0.2, 0.25) is 15.9 Å². The molecule has 0 fully saturated rings. The summed E-state index contributed by atoms with van der Waals surface area (Å²) in [5.74, 6) is 0.571. The van der Waals surface area contributed by atoms with Crippen molar-refractivity contribution in [1.29, 1.82) is 0 Å². The number of likely N-dealkylation sites (N-methyl/N-ethyl adjacent to an activating group) is 1. The molecule has 1 N–H and O–H groups in total. The molecule has 2 aromatic carbocycles. The molecule has 1 amide bonds. The van der Waals surface area contributed by atoms with Gasteiger partial charge in [-0.2, -0.15) is 4.31 Å². The standard InChI is InChI=1S/C19H23ClN2O6S/c1-5-28-16-9-6-13(20)10-18(16)29(24,25)22(2)12-19(23)21-15-8-7-14(26-3)11-17(15)27-4/h6-11H,5,12H2,1-4H3,(H,21,23). The van der Waals surface area contributed by atoms with Gasteiger partial charge in [-0.15, -0.1) is 0 Å². The highest BCUT2D eigenvalue weighted by Gasteiger charge is 2.27. The van der Waals surface area contributed by atoms with Gasteiger partial charge in [0.05, 0.1) is 33.1 Å². The molecule has 0 atom stereocenters. The fourth-order valence-electron chi connectivity index (χ4n) is 2.50. The molecule has 0 aliphatic rings. The topological polar surface area (TPSA) is 94.2 Å². The normalized spacial score (nSPS) is 11.2. The van der Waals surface area contributed by atoms with Gasteiger partial charge < -0.3 is 19.5 Å². The van der Waals surface area contributed by atoms with Gasteiger partial charge in [-0.25, -0.2) is 8.42 Å². The lowest BCUT2D eigenvalue weighted by molar-refractivity contribution is -0.116. The lowest BCUT2D eigenvalue weighted by Gasteiger charge is -2.19. The summed E-state index contributed by atoms with van der Waals surface area (Å²) in [6.07, 6.45) is 0. The molecule has 158 valence electrons. The van der Waals surface area contributed by atoms with E-state index in [0.29, 0.717) is 17.2 Å². The summed E-state index contributed by atoms with van der Waals surface area (Å²) in [4.78, 5) is 12.3. The minimum absolute atomic E-state index is 0.107. The third kappa shape index (κ3) is 5.53. The molecule has 0 heterocycles. The van der Waals surface area contributed by atoms with Crippen LogP contribution >= 0.6 is 11.6 Å². The highest BCUT2D eigenvalue weighted by atomic mass is 35.5. The average molecular weight is 443 g/mol. The van der Waals surface area contributed by atoms with E-state index in [9.17, 15) is 13.2 Å². The minimum atomic E-state index is -4.02. The number of benzene rings is 2. The lowest BCUT2D eigenvalue weighted by Crippen LogP contribution is -2.35. The number of carbonyl (C=O) groups excluding carboxylic acids is 1. The van der Waals surface area contributed by atoms with E-state index in [0.717, 1.165) is 4.31 Å². The summed E-state index contributed by atoms with van der Waals surface area (Å²) in [7, 11) is 0.253. The predicted molar refractivity (Wildman–Crippen MR) is 111 cm³/mol. The largest absolute Gasteiger partial charge is 0.497 e. The van der Waals surface area contributed by atoms with Crippen LogP contribution in [0.25, 0.3) is 0 Å². The zero-order valence-electron chi connectivity index (χ0n) is 16.6. The third-order valence-electron chi connectivity index (χ3n) is 3.94. The summed E-state index contributed by atoms with van der Waals surface area (Å²) < 4.78 is 42.5. The number of hydrogen-bond donors (Lipinski definition) is 1. The molecule has 10 heteroatoms. The molecular weight excluding hydrogens is 420 g/mol. The van der Waals surface area contributed by atoms with Crippen LogP contribution in [0.1, 0.15) is 6.92 Å². The summed E-state index contributed by atoms with van der Waals surface area (Å²) in [6, 6.07) is 9.18. The van der Waals surface area contributed by atoms with Crippen molar-refractivity contribution in [3.63, 3.8) is 0 Å². The Morgan fingerprint density at radius 2 is 1.83 bits per heavy atom. The van der Waals surface area contributed by atoms with Crippen molar-refractivity contribution >= 4 is 33.2 Å². The number of nitrogens with one attached hydrogen (secondary N) is 1. The highest BCUT2D eigenvalue weighted by molar-refractivity contribution is 7.89. The second-order valence-corrected chi connectivity index (χ2v) is 8.35. The minimum Gasteiger partial charge on any atom is -0.497 e. The number of hydrogen-bond acceptors (Lipinski definition) is 6. The van der Waals surface area contributed by atoms with Gasteiger partial charge in [0.25, 0.3) is 0 Å². The Kier molecular flexibility index (Phi) is 7.72. The van der Waals surface area contributed by atoms with E-state index in [1.54, 1.807) is 25.1 Å². The van der Waals surface area contributed by atoms with E-state index in [4.69, 9.17) is 25.8 Å². The van der Waals surface area contributed by atoms with Crippen LogP contribution in [0.3, 0.4) is 0 Å². The molecule has 0 saturated carbocycles. The summed E-state index contributed by atoms with van der Waals surface area (Å²) in [5, 5.41) is 2.88. The Morgan fingerprint density at radius 1 is 1.10 bits per heavy atom. The van der Waals surface area contributed by atoms with E-state index >= 15 is 0 Å². The molecule has 8 nitrogen and oxygen atoms in total. The number of methoxy groups -OCH3 is 2. The Balaban J connectivity index is 2.20. The Labute approximate surface area is 175 Å². The van der Waals surface area contributed by atoms with Gasteiger partial charge in [-0.1, -0.05) is 11.6 Å². The predicted octanol–water partition coefficient (Wildman–Crippen LogP) is 3.02. The Hall–Kier alpha value is -2.49. The number of amides is 1. The van der Waals surface area contributed by atoms with Gasteiger partial charge in [-0.05, 0) is 37.3 Å². The van der Waals surface area contributed by atoms with Crippen LogP contribution in [0.15, 0.2) is 41.3 Å². The summed E-state index contributed by atoms with van der Waals surface area (Å²) >= 11 is 5.96. The molecule has 0 spiro atoms. The van der Waals surface area contributed by atoms with E-state index in [1.165, 1.54) is 39.5 Å². The van der Waals surface area contributed by atoms with Crippen molar-refractivity contribution in [2.75, 3.05) is 39.7 Å². The second-order valence-electron chi connectivity index (χ2n) is 5.90. The van der Waals surface area contributed by atoms with Crippen LogP contribution in [-0.2, 0) is 14.8 Å². The first kappa shape index (κ1) is 22.8. The van der Waals surface area contributed by atoms with Crippen molar-refractivity contribution in [3.8, 4) is 17.2 Å². The fourth-order valence-corrected chi connectivity index (χ4v) is 4.02. The van der Waals surface area contributed by atoms with Crippen LogP contribution in [0, 0.1) is 0 Å². The van der Waals surface area contributed by atoms with Crippen LogP contribution in [0.2, 0.25) is 5.02 Å².